The Bertz CT molecular complexity index is 2330. The van der Waals surface area contributed by atoms with Gasteiger partial charge in [-0.1, -0.05) is 66.7 Å². The van der Waals surface area contributed by atoms with Crippen LogP contribution in [0.3, 0.4) is 0 Å². The van der Waals surface area contributed by atoms with E-state index in [2.05, 4.69) is 22.1 Å². The van der Waals surface area contributed by atoms with E-state index in [-0.39, 0.29) is 42.4 Å². The summed E-state index contributed by atoms with van der Waals surface area (Å²) in [6.45, 7) is -9.52. The quantitative estimate of drug-likeness (QED) is 0.167. The number of nitrogens with zero attached hydrogens (tertiary/aromatic N) is 3. The van der Waals surface area contributed by atoms with Gasteiger partial charge in [0.1, 0.15) is 5.58 Å². The smallest absolute Gasteiger partial charge is 0.197 e. The van der Waals surface area contributed by atoms with Gasteiger partial charge in [-0.15, -0.1) is 59.2 Å². The fraction of sp³-hybridized carbons (Fsp3) is 0.357. The normalized spacial score (nSPS) is 20.9. The second-order valence-electron chi connectivity index (χ2n) is 12.7. The molecule has 1 spiro atoms. The molecule has 1 radical (unpaired) electrons. The Labute approximate surface area is 309 Å². The van der Waals surface area contributed by atoms with Crippen molar-refractivity contribution >= 4 is 21.9 Å². The minimum Gasteiger partial charge on any atom is -0.441 e. The Balaban J connectivity index is 0.000000236. The number of aromatic nitrogens is 3. The van der Waals surface area contributed by atoms with Gasteiger partial charge in [0.05, 0.1) is 5.52 Å². The molecule has 3 aromatic heterocycles. The van der Waals surface area contributed by atoms with E-state index in [9.17, 15) is 0 Å². The van der Waals surface area contributed by atoms with Gasteiger partial charge in [-0.25, -0.2) is 4.98 Å². The molecular formula is C42H43IrN3O-2. The van der Waals surface area contributed by atoms with Crippen molar-refractivity contribution in [3.8, 4) is 22.5 Å². The van der Waals surface area contributed by atoms with Gasteiger partial charge in [-0.2, -0.15) is 0 Å². The van der Waals surface area contributed by atoms with Gasteiger partial charge in [0.25, 0.3) is 0 Å². The minimum absolute atomic E-state index is 0. The molecule has 0 atom stereocenters. The molecule has 0 bridgehead atoms. The molecule has 2 aliphatic carbocycles. The maximum atomic E-state index is 7.95. The van der Waals surface area contributed by atoms with E-state index >= 15 is 0 Å². The third-order valence-electron chi connectivity index (χ3n) is 9.67. The third-order valence-corrected chi connectivity index (χ3v) is 9.67. The average molecular weight is 810 g/mol. The van der Waals surface area contributed by atoms with E-state index in [1.54, 1.807) is 18.2 Å². The van der Waals surface area contributed by atoms with E-state index in [4.69, 9.17) is 25.9 Å². The van der Waals surface area contributed by atoms with Crippen molar-refractivity contribution in [3.63, 3.8) is 0 Å². The van der Waals surface area contributed by atoms with Gasteiger partial charge in [-0.3, -0.25) is 0 Å². The van der Waals surface area contributed by atoms with Crippen molar-refractivity contribution in [1.29, 1.82) is 0 Å². The van der Waals surface area contributed by atoms with Crippen LogP contribution in [0.1, 0.15) is 108 Å². The van der Waals surface area contributed by atoms with E-state index < -0.39 is 27.4 Å². The van der Waals surface area contributed by atoms with Crippen LogP contribution in [0.2, 0.25) is 0 Å². The van der Waals surface area contributed by atoms with Crippen molar-refractivity contribution in [3.05, 3.63) is 113 Å². The Morgan fingerprint density at radius 1 is 0.787 bits per heavy atom. The third kappa shape index (κ3) is 7.12. The second kappa shape index (κ2) is 14.2. The van der Waals surface area contributed by atoms with Crippen LogP contribution in [0, 0.1) is 45.0 Å². The molecule has 8 rings (SSSR count). The van der Waals surface area contributed by atoms with E-state index in [1.807, 2.05) is 18.2 Å². The molecule has 2 fully saturated rings. The maximum Gasteiger partial charge on any atom is 0.197 e. The summed E-state index contributed by atoms with van der Waals surface area (Å²) in [5, 5.41) is 1.69. The summed E-state index contributed by atoms with van der Waals surface area (Å²) in [5.74, 6) is 1.06. The molecule has 5 heteroatoms. The first-order chi connectivity index (χ1) is 27.2. The summed E-state index contributed by atoms with van der Waals surface area (Å²) in [4.78, 5) is 13.5. The SMILES string of the molecule is [2H]C([2H])([2H])c1c[c-]c(-c2ccc(C([2H])([2H])[2H])cn2)cc1.[2H]C([2H])([2H])c1cnc(-c2[c-]ccc3ccc4oc(C5CCC6(CCCCC6)CC5)nc4c23)cc1C([2H])([2H])[2H].[Ir]. The first kappa shape index (κ1) is 21.3. The fourth-order valence-electron chi connectivity index (χ4n) is 7.10. The van der Waals surface area contributed by atoms with Gasteiger partial charge < -0.3 is 14.4 Å². The number of rotatable bonds is 3. The molecule has 2 aliphatic rings. The molecule has 47 heavy (non-hydrogen) atoms. The molecule has 4 nitrogen and oxygen atoms in total. The molecule has 0 N–H and O–H groups in total. The summed E-state index contributed by atoms with van der Waals surface area (Å²) in [6.07, 6.45) is 13.9. The molecule has 3 aromatic carbocycles. The molecule has 3 heterocycles. The largest absolute Gasteiger partial charge is 0.441 e. The zero-order valence-corrected chi connectivity index (χ0v) is 28.3. The summed E-state index contributed by atoms with van der Waals surface area (Å²) < 4.78 is 97.2. The van der Waals surface area contributed by atoms with Gasteiger partial charge in [0.15, 0.2) is 5.89 Å². The fourth-order valence-corrected chi connectivity index (χ4v) is 7.10. The molecule has 243 valence electrons. The minimum atomic E-state index is -2.60. The number of hydrogen-bond donors (Lipinski definition) is 0. The number of benzene rings is 3. The summed E-state index contributed by atoms with van der Waals surface area (Å²) in [7, 11) is 0. The van der Waals surface area contributed by atoms with Crippen LogP contribution in [-0.4, -0.2) is 15.0 Å². The Kier molecular flexibility index (Phi) is 6.45. The molecular weight excluding hydrogens is 755 g/mol. The van der Waals surface area contributed by atoms with Crippen LogP contribution >= 0.6 is 0 Å². The van der Waals surface area contributed by atoms with Crippen molar-refractivity contribution in [2.24, 2.45) is 5.41 Å². The monoisotopic (exact) mass is 810 g/mol. The number of fused-ring (bicyclic) bond motifs is 3. The first-order valence-electron chi connectivity index (χ1n) is 22.0. The predicted octanol–water partition coefficient (Wildman–Crippen LogP) is 11.2. The number of hydrogen-bond acceptors (Lipinski definition) is 4. The molecule has 2 saturated carbocycles. The van der Waals surface area contributed by atoms with Crippen LogP contribution in [0.25, 0.3) is 44.4 Å². The average Bonchev–Trinajstić information content (AvgIpc) is 3.62. The van der Waals surface area contributed by atoms with Crippen LogP contribution in [-0.2, 0) is 20.1 Å². The number of pyridine rings is 2. The van der Waals surface area contributed by atoms with Gasteiger partial charge in [-0.05, 0) is 93.1 Å². The number of aryl methyl sites for hydroxylation is 4. The Morgan fingerprint density at radius 2 is 1.60 bits per heavy atom. The van der Waals surface area contributed by atoms with E-state index in [0.717, 1.165) is 35.7 Å². The van der Waals surface area contributed by atoms with Crippen molar-refractivity contribution in [1.82, 2.24) is 15.0 Å². The maximum absolute atomic E-state index is 7.95. The summed E-state index contributed by atoms with van der Waals surface area (Å²) >= 11 is 0. The zero-order chi connectivity index (χ0) is 41.7. The van der Waals surface area contributed by atoms with Crippen LogP contribution in [0.4, 0.5) is 0 Å². The van der Waals surface area contributed by atoms with Crippen molar-refractivity contribution in [2.75, 3.05) is 0 Å². The van der Waals surface area contributed by atoms with E-state index in [0.29, 0.717) is 44.9 Å². The summed E-state index contributed by atoms with van der Waals surface area (Å²) in [6, 6.07) is 22.6. The second-order valence-corrected chi connectivity index (χ2v) is 12.7. The van der Waals surface area contributed by atoms with Gasteiger partial charge in [0.2, 0.25) is 0 Å². The van der Waals surface area contributed by atoms with Crippen molar-refractivity contribution < 1.29 is 41.0 Å². The van der Waals surface area contributed by atoms with Gasteiger partial charge in [0, 0.05) is 54.9 Å². The van der Waals surface area contributed by atoms with Crippen LogP contribution in [0.5, 0.6) is 0 Å². The molecule has 0 unspecified atom stereocenters. The molecule has 0 saturated heterocycles. The molecule has 0 amide bonds. The standard InChI is InChI=1S/C29H31N2O.C13H12N.Ir/c1-19-17-24(30-18-20(19)2)23-8-6-7-21-9-10-25-27(26(21)23)31-28(32-25)22-11-15-29(16-12-22)13-4-3-5-14-29;1-10-3-6-12(7-4-10)13-8-5-11(2)9-14-13;/h6-7,9-10,17-18,22H,3-5,11-16H2,1-2H3;3-6,8-9H,1-2H3;/q2*-1;/i2*1D3,2D3;. The molecule has 0 aliphatic heterocycles. The Hall–Kier alpha value is -3.66. The zero-order valence-electron chi connectivity index (χ0n) is 38.0. The van der Waals surface area contributed by atoms with Crippen molar-refractivity contribution in [2.45, 2.75) is 91.1 Å². The predicted molar refractivity (Wildman–Crippen MR) is 188 cm³/mol. The summed E-state index contributed by atoms with van der Waals surface area (Å²) in [5.41, 5.74) is 3.90. The topological polar surface area (TPSA) is 51.8 Å². The Morgan fingerprint density at radius 3 is 2.32 bits per heavy atom. The van der Waals surface area contributed by atoms with E-state index in [1.165, 1.54) is 75.4 Å². The first-order valence-corrected chi connectivity index (χ1v) is 16.0. The molecule has 6 aromatic rings. The van der Waals surface area contributed by atoms with Gasteiger partial charge >= 0.3 is 0 Å². The van der Waals surface area contributed by atoms with Crippen LogP contribution in [0.15, 0.2) is 77.5 Å². The number of oxazole rings is 1. The van der Waals surface area contributed by atoms with Crippen LogP contribution < -0.4 is 0 Å².